The second-order valence-electron chi connectivity index (χ2n) is 4.58. The Kier molecular flexibility index (Phi) is 4.85. The molecule has 0 aromatic rings. The molecule has 3 nitrogen and oxygen atoms in total. The lowest BCUT2D eigenvalue weighted by atomic mass is 9.81. The lowest BCUT2D eigenvalue weighted by Gasteiger charge is -2.38. The smallest absolute Gasteiger partial charge is 0.0589 e. The third-order valence-electron chi connectivity index (χ3n) is 3.17. The molecule has 0 atom stereocenters. The summed E-state index contributed by atoms with van der Waals surface area (Å²) < 4.78 is 10.3. The summed E-state index contributed by atoms with van der Waals surface area (Å²) in [6, 6.07) is 0. The number of methoxy groups -OCH3 is 2. The zero-order chi connectivity index (χ0) is 10.4. The molecule has 0 radical (unpaired) electrons. The Hall–Kier alpha value is -0.120. The van der Waals surface area contributed by atoms with Gasteiger partial charge in [0.1, 0.15) is 0 Å². The highest BCUT2D eigenvalue weighted by atomic mass is 16.5. The van der Waals surface area contributed by atoms with Gasteiger partial charge in [-0.2, -0.15) is 0 Å². The number of ether oxygens (including phenoxy) is 2. The Bertz CT molecular complexity index is 153. The van der Waals surface area contributed by atoms with Gasteiger partial charge in [-0.1, -0.05) is 6.92 Å². The Labute approximate surface area is 87.4 Å². The summed E-state index contributed by atoms with van der Waals surface area (Å²) >= 11 is 0. The molecule has 1 saturated heterocycles. The normalized spacial score (nSPS) is 22.5. The monoisotopic (exact) mass is 201 g/mol. The molecule has 0 aromatic carbocycles. The molecule has 0 spiro atoms. The lowest BCUT2D eigenvalue weighted by Crippen LogP contribution is -2.41. The minimum Gasteiger partial charge on any atom is -0.384 e. The van der Waals surface area contributed by atoms with Crippen molar-refractivity contribution in [3.63, 3.8) is 0 Å². The average Bonchev–Trinajstić information content (AvgIpc) is 2.17. The predicted octanol–water partition coefficient (Wildman–Crippen LogP) is 1.38. The zero-order valence-electron chi connectivity index (χ0n) is 9.71. The maximum absolute atomic E-state index is 5.26. The Morgan fingerprint density at radius 3 is 2.29 bits per heavy atom. The number of rotatable bonds is 5. The second-order valence-corrected chi connectivity index (χ2v) is 4.58. The maximum atomic E-state index is 5.26. The van der Waals surface area contributed by atoms with Crippen molar-refractivity contribution in [2.24, 2.45) is 5.41 Å². The fourth-order valence-electron chi connectivity index (χ4n) is 2.03. The fourth-order valence-corrected chi connectivity index (χ4v) is 2.03. The first kappa shape index (κ1) is 12.0. The van der Waals surface area contributed by atoms with Crippen molar-refractivity contribution in [1.82, 2.24) is 4.90 Å². The van der Waals surface area contributed by atoms with Crippen molar-refractivity contribution >= 4 is 0 Å². The molecule has 1 aliphatic rings. The molecule has 0 unspecified atom stereocenters. The van der Waals surface area contributed by atoms with E-state index < -0.39 is 0 Å². The molecule has 0 N–H and O–H groups in total. The van der Waals surface area contributed by atoms with E-state index >= 15 is 0 Å². The van der Waals surface area contributed by atoms with Gasteiger partial charge in [0.25, 0.3) is 0 Å². The average molecular weight is 201 g/mol. The third-order valence-corrected chi connectivity index (χ3v) is 3.17. The summed E-state index contributed by atoms with van der Waals surface area (Å²) in [5.41, 5.74) is 0.401. The third kappa shape index (κ3) is 3.56. The Balaban J connectivity index is 2.23. The minimum atomic E-state index is 0.401. The van der Waals surface area contributed by atoms with Gasteiger partial charge in [-0.05, 0) is 31.3 Å². The van der Waals surface area contributed by atoms with E-state index in [1.54, 1.807) is 14.2 Å². The van der Waals surface area contributed by atoms with Gasteiger partial charge in [-0.3, -0.25) is 0 Å². The summed E-state index contributed by atoms with van der Waals surface area (Å²) in [6.45, 7) is 7.50. The SMILES string of the molecule is COCCN1CCC(C)(COC)CC1. The van der Waals surface area contributed by atoms with Gasteiger partial charge in [-0.25, -0.2) is 0 Å². The minimum absolute atomic E-state index is 0.401. The first-order valence-corrected chi connectivity index (χ1v) is 5.40. The van der Waals surface area contributed by atoms with Crippen LogP contribution in [-0.2, 0) is 9.47 Å². The fraction of sp³-hybridized carbons (Fsp3) is 1.00. The van der Waals surface area contributed by atoms with Crippen molar-refractivity contribution in [3.05, 3.63) is 0 Å². The van der Waals surface area contributed by atoms with Crippen LogP contribution < -0.4 is 0 Å². The van der Waals surface area contributed by atoms with Gasteiger partial charge in [0, 0.05) is 20.8 Å². The first-order valence-electron chi connectivity index (χ1n) is 5.40. The van der Waals surface area contributed by atoms with Crippen LogP contribution in [0, 0.1) is 5.41 Å². The molecule has 14 heavy (non-hydrogen) atoms. The van der Waals surface area contributed by atoms with Crippen molar-refractivity contribution in [1.29, 1.82) is 0 Å². The Morgan fingerprint density at radius 1 is 1.14 bits per heavy atom. The van der Waals surface area contributed by atoms with E-state index in [0.29, 0.717) is 5.41 Å². The number of hydrogen-bond acceptors (Lipinski definition) is 3. The standard InChI is InChI=1S/C11H23NO2/c1-11(10-14-3)4-6-12(7-5-11)8-9-13-2/h4-10H2,1-3H3. The van der Waals surface area contributed by atoms with E-state index in [0.717, 1.165) is 19.8 Å². The highest BCUT2D eigenvalue weighted by Gasteiger charge is 2.29. The zero-order valence-corrected chi connectivity index (χ0v) is 9.71. The van der Waals surface area contributed by atoms with Crippen LogP contribution in [0.15, 0.2) is 0 Å². The molecule has 0 aromatic heterocycles. The van der Waals surface area contributed by atoms with Crippen molar-refractivity contribution < 1.29 is 9.47 Å². The first-order chi connectivity index (χ1) is 6.70. The van der Waals surface area contributed by atoms with E-state index in [9.17, 15) is 0 Å². The van der Waals surface area contributed by atoms with Gasteiger partial charge in [0.2, 0.25) is 0 Å². The maximum Gasteiger partial charge on any atom is 0.0589 e. The molecule has 84 valence electrons. The van der Waals surface area contributed by atoms with Crippen molar-refractivity contribution in [3.8, 4) is 0 Å². The lowest BCUT2D eigenvalue weighted by molar-refractivity contribution is 0.0272. The Morgan fingerprint density at radius 2 is 1.79 bits per heavy atom. The largest absolute Gasteiger partial charge is 0.384 e. The van der Waals surface area contributed by atoms with Gasteiger partial charge >= 0.3 is 0 Å². The molecular weight excluding hydrogens is 178 g/mol. The highest BCUT2D eigenvalue weighted by molar-refractivity contribution is 4.81. The number of piperidine rings is 1. The molecule has 3 heteroatoms. The van der Waals surface area contributed by atoms with Crippen LogP contribution in [0.1, 0.15) is 19.8 Å². The molecule has 1 rings (SSSR count). The summed E-state index contributed by atoms with van der Waals surface area (Å²) in [6.07, 6.45) is 2.48. The van der Waals surface area contributed by atoms with E-state index in [1.807, 2.05) is 0 Å². The molecule has 0 aliphatic carbocycles. The number of hydrogen-bond donors (Lipinski definition) is 0. The van der Waals surface area contributed by atoms with E-state index in [-0.39, 0.29) is 0 Å². The molecule has 1 aliphatic heterocycles. The predicted molar refractivity (Wildman–Crippen MR) is 57.5 cm³/mol. The van der Waals surface area contributed by atoms with Crippen LogP contribution in [0.4, 0.5) is 0 Å². The van der Waals surface area contributed by atoms with Crippen molar-refractivity contribution in [2.45, 2.75) is 19.8 Å². The van der Waals surface area contributed by atoms with Crippen LogP contribution in [0.5, 0.6) is 0 Å². The van der Waals surface area contributed by atoms with Crippen LogP contribution >= 0.6 is 0 Å². The summed E-state index contributed by atoms with van der Waals surface area (Å²) in [4.78, 5) is 2.47. The molecule has 1 fully saturated rings. The van der Waals surface area contributed by atoms with Gasteiger partial charge in [0.05, 0.1) is 13.2 Å². The van der Waals surface area contributed by atoms with Crippen LogP contribution in [0.25, 0.3) is 0 Å². The van der Waals surface area contributed by atoms with Gasteiger partial charge in [-0.15, -0.1) is 0 Å². The van der Waals surface area contributed by atoms with Gasteiger partial charge in [0.15, 0.2) is 0 Å². The molecule has 0 amide bonds. The van der Waals surface area contributed by atoms with E-state index in [2.05, 4.69) is 11.8 Å². The number of nitrogens with zero attached hydrogens (tertiary/aromatic N) is 1. The molecule has 1 heterocycles. The molecule has 0 bridgehead atoms. The second kappa shape index (κ2) is 5.69. The number of likely N-dealkylation sites (tertiary alicyclic amines) is 1. The molecule has 0 saturated carbocycles. The molecular formula is C11H23NO2. The van der Waals surface area contributed by atoms with Crippen molar-refractivity contribution in [2.75, 3.05) is 47.1 Å². The summed E-state index contributed by atoms with van der Waals surface area (Å²) in [5.74, 6) is 0. The van der Waals surface area contributed by atoms with E-state index in [1.165, 1.54) is 25.9 Å². The quantitative estimate of drug-likeness (QED) is 0.671. The summed E-state index contributed by atoms with van der Waals surface area (Å²) in [7, 11) is 3.56. The van der Waals surface area contributed by atoms with Crippen LogP contribution in [0.2, 0.25) is 0 Å². The van der Waals surface area contributed by atoms with Gasteiger partial charge < -0.3 is 14.4 Å². The highest BCUT2D eigenvalue weighted by Crippen LogP contribution is 2.30. The van der Waals surface area contributed by atoms with E-state index in [4.69, 9.17) is 9.47 Å². The topological polar surface area (TPSA) is 21.7 Å². The summed E-state index contributed by atoms with van der Waals surface area (Å²) in [5, 5.41) is 0. The van der Waals surface area contributed by atoms with Crippen LogP contribution in [0.3, 0.4) is 0 Å². The van der Waals surface area contributed by atoms with Crippen LogP contribution in [-0.4, -0.2) is 52.0 Å².